The Balaban J connectivity index is 1.85. The van der Waals surface area contributed by atoms with E-state index in [-0.39, 0.29) is 5.82 Å². The highest BCUT2D eigenvalue weighted by atomic mass is 19.1. The molecule has 22 heavy (non-hydrogen) atoms. The summed E-state index contributed by atoms with van der Waals surface area (Å²) in [5, 5.41) is 0. The zero-order chi connectivity index (χ0) is 15.5. The Morgan fingerprint density at radius 3 is 2.73 bits per heavy atom. The van der Waals surface area contributed by atoms with Crippen LogP contribution in [-0.4, -0.2) is 0 Å². The molecule has 0 saturated carbocycles. The molecule has 2 aromatic carbocycles. The van der Waals surface area contributed by atoms with E-state index in [1.165, 1.54) is 16.7 Å². The Labute approximate surface area is 132 Å². The predicted octanol–water partition coefficient (Wildman–Crippen LogP) is 5.69. The maximum absolute atomic E-state index is 14.4. The Morgan fingerprint density at radius 1 is 1.14 bits per heavy atom. The van der Waals surface area contributed by atoms with Crippen LogP contribution in [-0.2, 0) is 19.3 Å². The van der Waals surface area contributed by atoms with Crippen LogP contribution in [0.25, 0.3) is 6.08 Å². The molecule has 0 amide bonds. The third-order valence-electron chi connectivity index (χ3n) is 4.73. The lowest BCUT2D eigenvalue weighted by atomic mass is 9.79. The van der Waals surface area contributed by atoms with E-state index in [0.29, 0.717) is 5.92 Å². The third-order valence-corrected chi connectivity index (χ3v) is 4.73. The van der Waals surface area contributed by atoms with Gasteiger partial charge in [0.15, 0.2) is 0 Å². The molecule has 1 aliphatic carbocycles. The minimum absolute atomic E-state index is 0.0293. The number of hydrogen-bond acceptors (Lipinski definition) is 0. The van der Waals surface area contributed by atoms with Crippen LogP contribution in [0.3, 0.4) is 0 Å². The second-order valence-corrected chi connectivity index (χ2v) is 6.18. The first kappa shape index (κ1) is 15.0. The molecule has 114 valence electrons. The smallest absolute Gasteiger partial charge is 0.126 e. The molecular weight excluding hydrogens is 271 g/mol. The van der Waals surface area contributed by atoms with E-state index in [0.717, 1.165) is 36.8 Å². The molecule has 1 unspecified atom stereocenters. The van der Waals surface area contributed by atoms with Crippen molar-refractivity contribution in [1.29, 1.82) is 0 Å². The van der Waals surface area contributed by atoms with Gasteiger partial charge >= 0.3 is 0 Å². The first-order chi connectivity index (χ1) is 10.7. The van der Waals surface area contributed by atoms with Crippen molar-refractivity contribution in [1.82, 2.24) is 0 Å². The SMILES string of the molecule is C/C=C/c1ccc2c(c1)CCC(c1ccc(CC)cc1F)C2. The van der Waals surface area contributed by atoms with E-state index in [4.69, 9.17) is 0 Å². The highest BCUT2D eigenvalue weighted by Crippen LogP contribution is 2.34. The first-order valence-electron chi connectivity index (χ1n) is 8.24. The highest BCUT2D eigenvalue weighted by molar-refractivity contribution is 5.52. The van der Waals surface area contributed by atoms with Crippen molar-refractivity contribution in [2.45, 2.75) is 45.4 Å². The van der Waals surface area contributed by atoms with Gasteiger partial charge in [0.1, 0.15) is 5.82 Å². The fourth-order valence-corrected chi connectivity index (χ4v) is 3.46. The second-order valence-electron chi connectivity index (χ2n) is 6.18. The molecule has 0 aliphatic heterocycles. The molecule has 0 bridgehead atoms. The molecule has 0 spiro atoms. The minimum atomic E-state index is -0.0293. The van der Waals surface area contributed by atoms with Crippen LogP contribution in [0.4, 0.5) is 4.39 Å². The number of aryl methyl sites for hydroxylation is 2. The fraction of sp³-hybridized carbons (Fsp3) is 0.333. The van der Waals surface area contributed by atoms with Gasteiger partial charge in [0.2, 0.25) is 0 Å². The molecule has 0 radical (unpaired) electrons. The topological polar surface area (TPSA) is 0 Å². The average molecular weight is 294 g/mol. The van der Waals surface area contributed by atoms with Crippen LogP contribution in [0, 0.1) is 5.82 Å². The summed E-state index contributed by atoms with van der Waals surface area (Å²) in [6.45, 7) is 4.10. The largest absolute Gasteiger partial charge is 0.207 e. The molecule has 0 aromatic heterocycles. The maximum atomic E-state index is 14.4. The highest BCUT2D eigenvalue weighted by Gasteiger charge is 2.22. The summed E-state index contributed by atoms with van der Waals surface area (Å²) in [5.41, 5.74) is 6.04. The lowest BCUT2D eigenvalue weighted by molar-refractivity contribution is 0.533. The maximum Gasteiger partial charge on any atom is 0.126 e. The van der Waals surface area contributed by atoms with Gasteiger partial charge in [-0.15, -0.1) is 0 Å². The predicted molar refractivity (Wildman–Crippen MR) is 91.7 cm³/mol. The van der Waals surface area contributed by atoms with Gasteiger partial charge in [-0.1, -0.05) is 49.4 Å². The van der Waals surface area contributed by atoms with Gasteiger partial charge in [0.05, 0.1) is 0 Å². The molecule has 0 N–H and O–H groups in total. The van der Waals surface area contributed by atoms with Gasteiger partial charge in [0, 0.05) is 0 Å². The summed E-state index contributed by atoms with van der Waals surface area (Å²) in [5.74, 6) is 0.282. The lowest BCUT2D eigenvalue weighted by Crippen LogP contribution is -2.14. The number of rotatable bonds is 3. The van der Waals surface area contributed by atoms with Crippen LogP contribution in [0.15, 0.2) is 42.5 Å². The number of halogens is 1. The van der Waals surface area contributed by atoms with E-state index in [1.54, 1.807) is 6.07 Å². The van der Waals surface area contributed by atoms with E-state index < -0.39 is 0 Å². The molecule has 0 fully saturated rings. The summed E-state index contributed by atoms with van der Waals surface area (Å²) in [6, 6.07) is 12.4. The Kier molecular flexibility index (Phi) is 4.42. The van der Waals surface area contributed by atoms with Crippen molar-refractivity contribution >= 4 is 6.08 Å². The summed E-state index contributed by atoms with van der Waals surface area (Å²) < 4.78 is 14.4. The van der Waals surface area contributed by atoms with Crippen molar-refractivity contribution in [3.63, 3.8) is 0 Å². The second kappa shape index (κ2) is 6.48. The molecule has 3 rings (SSSR count). The summed E-state index contributed by atoms with van der Waals surface area (Å²) >= 11 is 0. The van der Waals surface area contributed by atoms with Crippen molar-refractivity contribution in [2.75, 3.05) is 0 Å². The molecular formula is C21H23F. The van der Waals surface area contributed by atoms with Gasteiger partial charge in [0.25, 0.3) is 0 Å². The zero-order valence-electron chi connectivity index (χ0n) is 13.4. The van der Waals surface area contributed by atoms with Crippen LogP contribution < -0.4 is 0 Å². The third kappa shape index (κ3) is 2.99. The Bertz CT molecular complexity index is 697. The van der Waals surface area contributed by atoms with Crippen LogP contribution in [0.2, 0.25) is 0 Å². The molecule has 0 saturated heterocycles. The quantitative estimate of drug-likeness (QED) is 0.681. The normalized spacial score (nSPS) is 17.7. The van der Waals surface area contributed by atoms with Crippen molar-refractivity contribution < 1.29 is 4.39 Å². The molecule has 1 atom stereocenters. The summed E-state index contributed by atoms with van der Waals surface area (Å²) in [6.07, 6.45) is 8.12. The van der Waals surface area contributed by atoms with Crippen molar-refractivity contribution in [3.8, 4) is 0 Å². The molecule has 0 nitrogen and oxygen atoms in total. The summed E-state index contributed by atoms with van der Waals surface area (Å²) in [7, 11) is 0. The van der Waals surface area contributed by atoms with Crippen LogP contribution in [0.1, 0.15) is 54.0 Å². The Morgan fingerprint density at radius 2 is 2.00 bits per heavy atom. The standard InChI is InChI=1S/C21H23F/c1-3-5-16-6-8-18-14-19(10-9-17(18)12-16)20-11-7-15(4-2)13-21(20)22/h3,5-8,11-13,19H,4,9-10,14H2,1-2H3/b5-3+. The Hall–Kier alpha value is -1.89. The van der Waals surface area contributed by atoms with Gasteiger partial charge in [-0.25, -0.2) is 4.39 Å². The van der Waals surface area contributed by atoms with Gasteiger partial charge < -0.3 is 0 Å². The minimum Gasteiger partial charge on any atom is -0.207 e. The van der Waals surface area contributed by atoms with Crippen LogP contribution >= 0.6 is 0 Å². The number of hydrogen-bond donors (Lipinski definition) is 0. The van der Waals surface area contributed by atoms with E-state index in [1.807, 2.05) is 13.0 Å². The van der Waals surface area contributed by atoms with E-state index in [9.17, 15) is 4.39 Å². The van der Waals surface area contributed by atoms with Crippen LogP contribution in [0.5, 0.6) is 0 Å². The fourth-order valence-electron chi connectivity index (χ4n) is 3.46. The lowest BCUT2D eigenvalue weighted by Gasteiger charge is -2.26. The van der Waals surface area contributed by atoms with E-state index in [2.05, 4.69) is 43.3 Å². The number of allylic oxidation sites excluding steroid dienone is 1. The number of fused-ring (bicyclic) bond motifs is 1. The van der Waals surface area contributed by atoms with Gasteiger partial charge in [-0.3, -0.25) is 0 Å². The average Bonchev–Trinajstić information content (AvgIpc) is 2.54. The molecule has 0 heterocycles. The van der Waals surface area contributed by atoms with Crippen molar-refractivity contribution in [3.05, 3.63) is 76.1 Å². The van der Waals surface area contributed by atoms with Gasteiger partial charge in [-0.2, -0.15) is 0 Å². The molecule has 1 heteroatoms. The van der Waals surface area contributed by atoms with E-state index >= 15 is 0 Å². The first-order valence-corrected chi connectivity index (χ1v) is 8.24. The van der Waals surface area contributed by atoms with Gasteiger partial charge in [-0.05, 0) is 72.4 Å². The van der Waals surface area contributed by atoms with Crippen molar-refractivity contribution in [2.24, 2.45) is 0 Å². The summed E-state index contributed by atoms with van der Waals surface area (Å²) in [4.78, 5) is 0. The number of benzene rings is 2. The monoisotopic (exact) mass is 294 g/mol. The molecule has 1 aliphatic rings. The molecule has 2 aromatic rings. The zero-order valence-corrected chi connectivity index (χ0v) is 13.4.